The molecule has 0 spiro atoms. The zero-order valence-corrected chi connectivity index (χ0v) is 13.1. The molecule has 13 nitrogen and oxygen atoms in total. The Morgan fingerprint density at radius 3 is 2.22 bits per heavy atom. The van der Waals surface area contributed by atoms with Gasteiger partial charge in [0.05, 0.1) is 38.2 Å². The largest absolute Gasteiger partial charge is 0.502 e. The number of hydrazone groups is 1. The fourth-order valence-corrected chi connectivity index (χ4v) is 2.01. The minimum Gasteiger partial charge on any atom is -0.502 e. The summed E-state index contributed by atoms with van der Waals surface area (Å²) in [4.78, 5) is 41.9. The van der Waals surface area contributed by atoms with Crippen molar-refractivity contribution >= 4 is 29.2 Å². The molecule has 0 fully saturated rings. The van der Waals surface area contributed by atoms with E-state index in [1.54, 1.807) is 0 Å². The number of hydrogen-bond donors (Lipinski definition) is 2. The van der Waals surface area contributed by atoms with E-state index in [2.05, 4.69) is 5.10 Å². The summed E-state index contributed by atoms with van der Waals surface area (Å²) in [6.07, 6.45) is 0.943. The standard InChI is InChI=1S/C14H9N5O8/c20-13-10(5-9(17(22)23)6-12(13)19(26)27)14(21)16-15-7-8-3-1-2-4-11(8)18(24)25/h1-7,20H,(H,16,21)/b15-7+/i5+1,6+1,9+1,10+1,12+1,13+1. The fraction of sp³-hybridized carbons (Fsp3) is 0. The molecular formula is C14H9N5O8. The highest BCUT2D eigenvalue weighted by Gasteiger charge is 2.27. The lowest BCUT2D eigenvalue weighted by Crippen LogP contribution is -2.18. The molecule has 2 N–H and O–H groups in total. The van der Waals surface area contributed by atoms with Crippen molar-refractivity contribution in [2.75, 3.05) is 0 Å². The fourth-order valence-electron chi connectivity index (χ4n) is 2.01. The van der Waals surface area contributed by atoms with E-state index >= 15 is 0 Å². The maximum Gasteiger partial charge on any atom is 0.318 e. The first kappa shape index (κ1) is 18.9. The molecule has 1 amide bonds. The van der Waals surface area contributed by atoms with Crippen LogP contribution in [0.25, 0.3) is 0 Å². The van der Waals surface area contributed by atoms with Crippen LogP contribution in [0.4, 0.5) is 17.1 Å². The van der Waals surface area contributed by atoms with Gasteiger partial charge in [0.2, 0.25) is 5.75 Å². The molecule has 0 aliphatic heterocycles. The van der Waals surface area contributed by atoms with Gasteiger partial charge in [0.15, 0.2) is 0 Å². The number of nitro benzene ring substituents is 3. The van der Waals surface area contributed by atoms with E-state index in [4.69, 9.17) is 0 Å². The summed E-state index contributed by atoms with van der Waals surface area (Å²) in [6.45, 7) is 0. The Labute approximate surface area is 149 Å². The van der Waals surface area contributed by atoms with E-state index in [0.717, 1.165) is 6.21 Å². The normalized spacial score (nSPS) is 10.5. The smallest absolute Gasteiger partial charge is 0.318 e. The molecule has 0 aliphatic carbocycles. The van der Waals surface area contributed by atoms with Gasteiger partial charge in [-0.05, 0) is 6.07 Å². The molecule has 2 rings (SSSR count). The number of phenolic OH excluding ortho intramolecular Hbond substituents is 1. The molecule has 0 saturated heterocycles. The number of carbonyl (C=O) groups excluding carboxylic acids is 1. The molecule has 138 valence electrons. The molecule has 2 aromatic carbocycles. The van der Waals surface area contributed by atoms with Crippen LogP contribution >= 0.6 is 0 Å². The monoisotopic (exact) mass is 381 g/mol. The van der Waals surface area contributed by atoms with Crippen LogP contribution in [-0.2, 0) is 0 Å². The Balaban J connectivity index is 2.32. The van der Waals surface area contributed by atoms with Gasteiger partial charge in [-0.2, -0.15) is 5.10 Å². The first-order chi connectivity index (χ1) is 12.7. The van der Waals surface area contributed by atoms with Gasteiger partial charge >= 0.3 is 5.69 Å². The zero-order valence-electron chi connectivity index (χ0n) is 13.1. The van der Waals surface area contributed by atoms with Crippen molar-refractivity contribution < 1.29 is 24.7 Å². The molecule has 0 aromatic heterocycles. The van der Waals surface area contributed by atoms with Crippen LogP contribution in [0.3, 0.4) is 0 Å². The van der Waals surface area contributed by atoms with Crippen molar-refractivity contribution in [2.45, 2.75) is 0 Å². The highest BCUT2D eigenvalue weighted by Crippen LogP contribution is 2.34. The molecule has 0 saturated carbocycles. The Morgan fingerprint density at radius 2 is 1.63 bits per heavy atom. The molecule has 0 aliphatic rings. The predicted molar refractivity (Wildman–Crippen MR) is 89.6 cm³/mol. The first-order valence-electron chi connectivity index (χ1n) is 6.95. The summed E-state index contributed by atoms with van der Waals surface area (Å²) in [7, 11) is 0. The van der Waals surface area contributed by atoms with Crippen LogP contribution in [0.1, 0.15) is 15.9 Å². The summed E-state index contributed by atoms with van der Waals surface area (Å²) in [5.41, 5.74) is -0.915. The minimum atomic E-state index is -1.19. The number of nitrogens with one attached hydrogen (secondary N) is 1. The summed E-state index contributed by atoms with van der Waals surface area (Å²) in [5.74, 6) is -2.27. The van der Waals surface area contributed by atoms with Crippen LogP contribution in [0.2, 0.25) is 0 Å². The van der Waals surface area contributed by atoms with Gasteiger partial charge in [0.25, 0.3) is 17.3 Å². The topological polar surface area (TPSA) is 191 Å². The van der Waals surface area contributed by atoms with E-state index in [9.17, 15) is 40.2 Å². The van der Waals surface area contributed by atoms with Gasteiger partial charge in [-0.15, -0.1) is 0 Å². The first-order valence-corrected chi connectivity index (χ1v) is 6.95. The molecule has 0 atom stereocenters. The summed E-state index contributed by atoms with van der Waals surface area (Å²) in [6, 6.07) is 6.61. The van der Waals surface area contributed by atoms with Gasteiger partial charge in [0.1, 0.15) is 0 Å². The number of non-ortho nitro benzene ring substituents is 1. The quantitative estimate of drug-likeness (QED) is 0.430. The molecule has 0 unspecified atom stereocenters. The number of hydrogen-bond acceptors (Lipinski definition) is 9. The van der Waals surface area contributed by atoms with Crippen molar-refractivity contribution in [3.05, 3.63) is 77.9 Å². The number of rotatable bonds is 6. The molecular weight excluding hydrogens is 372 g/mol. The van der Waals surface area contributed by atoms with Crippen molar-refractivity contribution in [3.8, 4) is 5.75 Å². The summed E-state index contributed by atoms with van der Waals surface area (Å²) >= 11 is 0. The van der Waals surface area contributed by atoms with Gasteiger partial charge in [-0.25, -0.2) is 5.43 Å². The Bertz CT molecular complexity index is 987. The van der Waals surface area contributed by atoms with Gasteiger partial charge in [-0.1, -0.05) is 12.1 Å². The molecule has 0 heterocycles. The minimum absolute atomic E-state index is 0.0528. The molecule has 0 radical (unpaired) electrons. The lowest BCUT2D eigenvalue weighted by Gasteiger charge is -2.04. The average molecular weight is 381 g/mol. The van der Waals surface area contributed by atoms with E-state index in [-0.39, 0.29) is 11.3 Å². The molecule has 27 heavy (non-hydrogen) atoms. The number of carbonyl (C=O) groups is 1. The van der Waals surface area contributed by atoms with E-state index in [0.29, 0.717) is 12.1 Å². The van der Waals surface area contributed by atoms with Gasteiger partial charge in [-0.3, -0.25) is 35.1 Å². The SMILES string of the molecule is O=C(N/N=C/c1ccccc1[N+](=O)[O-])[13c]1[13cH][13c]([N+](=O)[O-])[13cH][13c]([N+](=O)[O-])[13c]1O. The van der Waals surface area contributed by atoms with Crippen LogP contribution in [0, 0.1) is 30.3 Å². The van der Waals surface area contributed by atoms with Crippen LogP contribution in [0.15, 0.2) is 41.5 Å². The van der Waals surface area contributed by atoms with Crippen molar-refractivity contribution in [1.29, 1.82) is 0 Å². The predicted octanol–water partition coefficient (Wildman–Crippen LogP) is 1.88. The van der Waals surface area contributed by atoms with Crippen LogP contribution in [0.5, 0.6) is 5.75 Å². The van der Waals surface area contributed by atoms with Crippen LogP contribution in [-0.4, -0.2) is 32.0 Å². The number of nitro groups is 3. The van der Waals surface area contributed by atoms with Gasteiger partial charge in [0, 0.05) is 12.1 Å². The van der Waals surface area contributed by atoms with Crippen molar-refractivity contribution in [2.24, 2.45) is 5.10 Å². The van der Waals surface area contributed by atoms with Crippen molar-refractivity contribution in [3.63, 3.8) is 0 Å². The molecule has 13 heteroatoms. The van der Waals surface area contributed by atoms with E-state index < -0.39 is 43.4 Å². The highest BCUT2D eigenvalue weighted by molar-refractivity contribution is 5.99. The van der Waals surface area contributed by atoms with Crippen molar-refractivity contribution in [1.82, 2.24) is 5.43 Å². The number of para-hydroxylation sites is 1. The van der Waals surface area contributed by atoms with Crippen LogP contribution < -0.4 is 5.43 Å². The maximum absolute atomic E-state index is 12.1. The molecule has 0 bridgehead atoms. The number of benzene rings is 2. The third-order valence-electron chi connectivity index (χ3n) is 3.23. The number of nitrogens with zero attached hydrogens (tertiary/aromatic N) is 4. The lowest BCUT2D eigenvalue weighted by molar-refractivity contribution is -0.394. The third kappa shape index (κ3) is 4.16. The summed E-state index contributed by atoms with van der Waals surface area (Å²) < 4.78 is 0. The molecule has 2 aromatic rings. The zero-order chi connectivity index (χ0) is 20.1. The van der Waals surface area contributed by atoms with E-state index in [1.165, 1.54) is 24.3 Å². The number of aromatic hydroxyl groups is 1. The number of amides is 1. The Morgan fingerprint density at radius 1 is 1.00 bits per heavy atom. The average Bonchev–Trinajstić information content (AvgIpc) is 2.61. The second kappa shape index (κ2) is 7.64. The van der Waals surface area contributed by atoms with Gasteiger partial charge < -0.3 is 5.11 Å². The highest BCUT2D eigenvalue weighted by atomic mass is 16.7. The van der Waals surface area contributed by atoms with E-state index in [1.807, 2.05) is 5.43 Å². The number of phenols is 1. The Kier molecular flexibility index (Phi) is 5.35. The Hall–Kier alpha value is -4.42. The second-order valence-electron chi connectivity index (χ2n) is 4.89. The lowest BCUT2D eigenvalue weighted by atomic mass is 10.2. The second-order valence-corrected chi connectivity index (χ2v) is 4.89. The maximum atomic E-state index is 12.1. The summed E-state index contributed by atoms with van der Waals surface area (Å²) in [5, 5.41) is 45.9. The third-order valence-corrected chi connectivity index (χ3v) is 3.23.